The van der Waals surface area contributed by atoms with Crippen LogP contribution in [0.15, 0.2) is 29.2 Å². The highest BCUT2D eigenvalue weighted by Gasteiger charge is 2.34. The van der Waals surface area contributed by atoms with Crippen molar-refractivity contribution in [2.45, 2.75) is 29.5 Å². The van der Waals surface area contributed by atoms with Crippen LogP contribution in [0.5, 0.6) is 0 Å². The van der Waals surface area contributed by atoms with Gasteiger partial charge in [-0.3, -0.25) is 0 Å². The summed E-state index contributed by atoms with van der Waals surface area (Å²) in [5, 5.41) is 3.41. The molecule has 7 heteroatoms. The van der Waals surface area contributed by atoms with Crippen LogP contribution in [0.4, 0.5) is 14.5 Å². The molecule has 0 radical (unpaired) electrons. The van der Waals surface area contributed by atoms with Crippen LogP contribution in [0.1, 0.15) is 12.8 Å². The van der Waals surface area contributed by atoms with Gasteiger partial charge in [0.15, 0.2) is 0 Å². The second-order valence-electron chi connectivity index (χ2n) is 5.72. The van der Waals surface area contributed by atoms with Crippen molar-refractivity contribution in [1.29, 1.82) is 0 Å². The van der Waals surface area contributed by atoms with Crippen LogP contribution >= 0.6 is 0 Å². The van der Waals surface area contributed by atoms with Crippen molar-refractivity contribution in [3.63, 3.8) is 0 Å². The third-order valence-electron chi connectivity index (χ3n) is 4.40. The minimum absolute atomic E-state index is 0.335. The fraction of sp³-hybridized carbons (Fsp3) is 0.571. The zero-order valence-corrected chi connectivity index (χ0v) is 12.3. The maximum absolute atomic E-state index is 12.5. The first-order chi connectivity index (χ1) is 9.96. The molecule has 2 bridgehead atoms. The summed E-state index contributed by atoms with van der Waals surface area (Å²) >= 11 is 0. The molecule has 2 saturated heterocycles. The number of rotatable bonds is 4. The molecule has 1 aromatic rings. The Morgan fingerprint density at radius 3 is 2.48 bits per heavy atom. The SMILES string of the molecule is O=S(=O)(c1ccc(NC2CCN3CCC2C3)cc1)C(F)F. The summed E-state index contributed by atoms with van der Waals surface area (Å²) in [4.78, 5) is 2.11. The number of sulfone groups is 1. The number of alkyl halides is 2. The quantitative estimate of drug-likeness (QED) is 0.925. The topological polar surface area (TPSA) is 49.4 Å². The average Bonchev–Trinajstić information content (AvgIpc) is 2.85. The molecule has 0 amide bonds. The molecule has 21 heavy (non-hydrogen) atoms. The Hall–Kier alpha value is -1.21. The molecule has 0 aromatic heterocycles. The van der Waals surface area contributed by atoms with Crippen LogP contribution in [0, 0.1) is 5.92 Å². The van der Waals surface area contributed by atoms with Gasteiger partial charge in [0.25, 0.3) is 0 Å². The molecule has 4 nitrogen and oxygen atoms in total. The van der Waals surface area contributed by atoms with Gasteiger partial charge in [0.2, 0.25) is 9.84 Å². The molecule has 2 fully saturated rings. The predicted octanol–water partition coefficient (Wildman–Crippen LogP) is 2.19. The summed E-state index contributed by atoms with van der Waals surface area (Å²) in [6.45, 7) is 3.33. The number of piperidine rings is 1. The average molecular weight is 316 g/mol. The fourth-order valence-corrected chi connectivity index (χ4v) is 3.92. The number of hydrogen-bond acceptors (Lipinski definition) is 4. The van der Waals surface area contributed by atoms with E-state index in [2.05, 4.69) is 10.2 Å². The first-order valence-electron chi connectivity index (χ1n) is 7.08. The summed E-state index contributed by atoms with van der Waals surface area (Å²) < 4.78 is 47.7. The van der Waals surface area contributed by atoms with Gasteiger partial charge in [-0.1, -0.05) is 0 Å². The molecule has 3 unspecified atom stereocenters. The van der Waals surface area contributed by atoms with Crippen molar-refractivity contribution in [3.8, 4) is 0 Å². The van der Waals surface area contributed by atoms with Gasteiger partial charge in [0, 0.05) is 24.8 Å². The Morgan fingerprint density at radius 1 is 1.14 bits per heavy atom. The molecule has 3 rings (SSSR count). The van der Waals surface area contributed by atoms with E-state index >= 15 is 0 Å². The van der Waals surface area contributed by atoms with E-state index in [-0.39, 0.29) is 4.90 Å². The van der Waals surface area contributed by atoms with Gasteiger partial charge in [0.05, 0.1) is 4.90 Å². The Bertz CT molecular complexity index is 604. The lowest BCUT2D eigenvalue weighted by Crippen LogP contribution is -2.39. The fourth-order valence-electron chi connectivity index (χ4n) is 3.20. The largest absolute Gasteiger partial charge is 0.382 e. The molecular formula is C14H18F2N2O2S. The summed E-state index contributed by atoms with van der Waals surface area (Å²) in [5.41, 5.74) is 0.786. The van der Waals surface area contributed by atoms with E-state index in [0.717, 1.165) is 31.7 Å². The highest BCUT2D eigenvalue weighted by molar-refractivity contribution is 7.91. The van der Waals surface area contributed by atoms with E-state index in [9.17, 15) is 17.2 Å². The Kier molecular flexibility index (Phi) is 3.88. The van der Waals surface area contributed by atoms with E-state index in [1.807, 2.05) is 0 Å². The second kappa shape index (κ2) is 5.53. The number of fused-ring (bicyclic) bond motifs is 2. The normalized spacial score (nSPS) is 28.8. The van der Waals surface area contributed by atoms with Gasteiger partial charge in [-0.25, -0.2) is 8.42 Å². The van der Waals surface area contributed by atoms with Crippen molar-refractivity contribution in [2.24, 2.45) is 5.92 Å². The lowest BCUT2D eigenvalue weighted by molar-refractivity contribution is 0.234. The smallest absolute Gasteiger partial charge is 0.341 e. The summed E-state index contributed by atoms with van der Waals surface area (Å²) in [6, 6.07) is 6.00. The standard InChI is InChI=1S/C14H18F2N2O2S/c15-14(16)21(19,20)12-3-1-11(2-4-12)17-13-6-8-18-7-5-10(13)9-18/h1-4,10,13-14,17H,5-9H2. The lowest BCUT2D eigenvalue weighted by atomic mass is 9.94. The van der Waals surface area contributed by atoms with Gasteiger partial charge in [0.1, 0.15) is 0 Å². The monoisotopic (exact) mass is 316 g/mol. The van der Waals surface area contributed by atoms with Gasteiger partial charge in [-0.05, 0) is 49.6 Å². The minimum atomic E-state index is -4.50. The number of halogens is 2. The van der Waals surface area contributed by atoms with Crippen LogP contribution in [0.25, 0.3) is 0 Å². The number of nitrogens with zero attached hydrogens (tertiary/aromatic N) is 1. The molecule has 0 spiro atoms. The number of nitrogens with one attached hydrogen (secondary N) is 1. The van der Waals surface area contributed by atoms with E-state index in [1.165, 1.54) is 18.6 Å². The Labute approximate surface area is 123 Å². The molecular weight excluding hydrogens is 298 g/mol. The highest BCUT2D eigenvalue weighted by atomic mass is 32.2. The summed E-state index contributed by atoms with van der Waals surface area (Å²) in [6.07, 6.45) is 2.23. The predicted molar refractivity (Wildman–Crippen MR) is 76.2 cm³/mol. The van der Waals surface area contributed by atoms with Gasteiger partial charge < -0.3 is 10.2 Å². The molecule has 0 saturated carbocycles. The van der Waals surface area contributed by atoms with Crippen LogP contribution in [0.3, 0.4) is 0 Å². The molecule has 1 N–H and O–H groups in total. The first kappa shape index (κ1) is 14.7. The maximum Gasteiger partial charge on any atom is 0.341 e. The zero-order valence-electron chi connectivity index (χ0n) is 11.5. The molecule has 2 aliphatic heterocycles. The molecule has 2 heterocycles. The Morgan fingerprint density at radius 2 is 1.81 bits per heavy atom. The molecule has 116 valence electrons. The number of benzene rings is 1. The molecule has 2 aliphatic rings. The van der Waals surface area contributed by atoms with Crippen LogP contribution in [-0.2, 0) is 9.84 Å². The molecule has 0 aliphatic carbocycles. The van der Waals surface area contributed by atoms with Gasteiger partial charge >= 0.3 is 5.76 Å². The maximum atomic E-state index is 12.5. The van der Waals surface area contributed by atoms with Gasteiger partial charge in [-0.15, -0.1) is 0 Å². The minimum Gasteiger partial charge on any atom is -0.382 e. The second-order valence-corrected chi connectivity index (χ2v) is 7.64. The van der Waals surface area contributed by atoms with Crippen molar-refractivity contribution in [1.82, 2.24) is 4.90 Å². The first-order valence-corrected chi connectivity index (χ1v) is 8.62. The molecule has 1 aromatic carbocycles. The molecule has 3 atom stereocenters. The third kappa shape index (κ3) is 2.89. The van der Waals surface area contributed by atoms with E-state index in [1.54, 1.807) is 12.1 Å². The number of hydrogen-bond donors (Lipinski definition) is 1. The van der Waals surface area contributed by atoms with Crippen molar-refractivity contribution in [3.05, 3.63) is 24.3 Å². The van der Waals surface area contributed by atoms with E-state index in [0.29, 0.717) is 12.0 Å². The van der Waals surface area contributed by atoms with Crippen molar-refractivity contribution >= 4 is 15.5 Å². The van der Waals surface area contributed by atoms with E-state index < -0.39 is 15.6 Å². The lowest BCUT2D eigenvalue weighted by Gasteiger charge is -2.31. The van der Waals surface area contributed by atoms with Crippen molar-refractivity contribution < 1.29 is 17.2 Å². The summed E-state index contributed by atoms with van der Waals surface area (Å²) in [5.74, 6) is -2.76. The highest BCUT2D eigenvalue weighted by Crippen LogP contribution is 2.30. The summed E-state index contributed by atoms with van der Waals surface area (Å²) in [7, 11) is -4.50. The number of anilines is 1. The van der Waals surface area contributed by atoms with Crippen LogP contribution in [0.2, 0.25) is 0 Å². The van der Waals surface area contributed by atoms with Gasteiger partial charge in [-0.2, -0.15) is 8.78 Å². The van der Waals surface area contributed by atoms with E-state index in [4.69, 9.17) is 0 Å². The Balaban J connectivity index is 1.70. The third-order valence-corrected chi connectivity index (χ3v) is 5.80. The van der Waals surface area contributed by atoms with Crippen LogP contribution in [-0.4, -0.2) is 44.8 Å². The van der Waals surface area contributed by atoms with Crippen LogP contribution < -0.4 is 5.32 Å². The zero-order chi connectivity index (χ0) is 15.0. The van der Waals surface area contributed by atoms with Crippen molar-refractivity contribution in [2.75, 3.05) is 25.0 Å².